The van der Waals surface area contributed by atoms with Crippen LogP contribution in [0.25, 0.3) is 83.9 Å². The highest BCUT2D eigenvalue weighted by atomic mass is 15.0. The van der Waals surface area contributed by atoms with Gasteiger partial charge >= 0.3 is 0 Å². The maximum atomic E-state index is 5.17. The van der Waals surface area contributed by atoms with Crippen LogP contribution in [-0.4, -0.2) is 24.5 Å². The smallest absolute Gasteiger partial charge is 0.164 e. The Hall–Kier alpha value is -8.20. The standard InChI is InChI=1S/C56H37N5/c1-5-17-38(18-6-1)50-36-47(37-51(57-50)39-19-7-2-8-20-39)61-52-28-16-15-27-48(52)49-35-45(31-32-53(49)61)43-26-14-13-25-42(33-43)44-29-30-46(34-44)56-59-54(40-21-9-3-10-22-40)58-55(60-56)41-23-11-4-12-24-41/h1-12,15-24,26-28,30-37H,14,29H2. The highest BCUT2D eigenvalue weighted by Gasteiger charge is 2.20. The summed E-state index contributed by atoms with van der Waals surface area (Å²) in [6, 6.07) is 61.0. The van der Waals surface area contributed by atoms with Crippen molar-refractivity contribution in [2.45, 2.75) is 12.8 Å². The van der Waals surface area contributed by atoms with Gasteiger partial charge in [0.15, 0.2) is 17.5 Å². The molecule has 0 atom stereocenters. The average Bonchev–Trinajstić information content (AvgIpc) is 3.88. The van der Waals surface area contributed by atoms with E-state index in [1.807, 2.05) is 72.8 Å². The fourth-order valence-electron chi connectivity index (χ4n) is 8.33. The number of para-hydroxylation sites is 1. The molecule has 9 aromatic rings. The molecule has 286 valence electrons. The van der Waals surface area contributed by atoms with Crippen molar-refractivity contribution in [3.05, 3.63) is 223 Å². The molecule has 0 bridgehead atoms. The number of fused-ring (bicyclic) bond motifs is 3. The molecule has 5 heteroatoms. The van der Waals surface area contributed by atoms with Crippen LogP contribution in [0.5, 0.6) is 0 Å². The van der Waals surface area contributed by atoms with Gasteiger partial charge in [-0.1, -0.05) is 170 Å². The molecule has 0 N–H and O–H groups in total. The Morgan fingerprint density at radius 3 is 1.62 bits per heavy atom. The molecule has 61 heavy (non-hydrogen) atoms. The van der Waals surface area contributed by atoms with Crippen molar-refractivity contribution in [3.63, 3.8) is 0 Å². The molecule has 2 aliphatic carbocycles. The number of nitrogens with zero attached hydrogens (tertiary/aromatic N) is 5. The van der Waals surface area contributed by atoms with E-state index < -0.39 is 0 Å². The molecule has 0 fully saturated rings. The summed E-state index contributed by atoms with van der Waals surface area (Å²) in [6.07, 6.45) is 10.3. The van der Waals surface area contributed by atoms with Gasteiger partial charge in [0.25, 0.3) is 0 Å². The summed E-state index contributed by atoms with van der Waals surface area (Å²) >= 11 is 0. The van der Waals surface area contributed by atoms with Crippen molar-refractivity contribution in [1.29, 1.82) is 0 Å². The van der Waals surface area contributed by atoms with E-state index in [0.717, 1.165) is 84.6 Å². The van der Waals surface area contributed by atoms with E-state index in [-0.39, 0.29) is 0 Å². The number of benzene rings is 6. The lowest BCUT2D eigenvalue weighted by Gasteiger charge is -2.13. The fraction of sp³-hybridized carbons (Fsp3) is 0.0357. The van der Waals surface area contributed by atoms with Gasteiger partial charge < -0.3 is 4.57 Å². The summed E-state index contributed by atoms with van der Waals surface area (Å²) in [5, 5.41) is 2.39. The van der Waals surface area contributed by atoms with Crippen LogP contribution in [0.15, 0.2) is 211 Å². The van der Waals surface area contributed by atoms with E-state index in [4.69, 9.17) is 19.9 Å². The minimum atomic E-state index is 0.653. The molecule has 0 saturated heterocycles. The third-order valence-corrected chi connectivity index (χ3v) is 11.3. The van der Waals surface area contributed by atoms with Crippen LogP contribution in [0, 0.1) is 11.8 Å². The number of hydrogen-bond acceptors (Lipinski definition) is 4. The Balaban J connectivity index is 0.972. The number of pyridine rings is 1. The summed E-state index contributed by atoms with van der Waals surface area (Å²) in [5.74, 6) is 8.86. The summed E-state index contributed by atoms with van der Waals surface area (Å²) < 4.78 is 2.38. The highest BCUT2D eigenvalue weighted by Crippen LogP contribution is 2.38. The Morgan fingerprint density at radius 2 is 0.984 bits per heavy atom. The van der Waals surface area contributed by atoms with Gasteiger partial charge in [0, 0.05) is 50.6 Å². The van der Waals surface area contributed by atoms with E-state index in [0.29, 0.717) is 23.9 Å². The van der Waals surface area contributed by atoms with Crippen LogP contribution in [-0.2, 0) is 0 Å². The third-order valence-electron chi connectivity index (χ3n) is 11.3. The molecule has 3 aromatic heterocycles. The Labute approximate surface area is 354 Å². The summed E-state index contributed by atoms with van der Waals surface area (Å²) in [6.45, 7) is 0. The summed E-state index contributed by atoms with van der Waals surface area (Å²) in [7, 11) is 0. The first-order valence-corrected chi connectivity index (χ1v) is 20.6. The number of rotatable bonds is 8. The number of allylic oxidation sites excluding steroid dienone is 8. The molecule has 0 saturated carbocycles. The van der Waals surface area contributed by atoms with Crippen LogP contribution < -0.4 is 0 Å². The monoisotopic (exact) mass is 779 g/mol. The van der Waals surface area contributed by atoms with Crippen LogP contribution in [0.3, 0.4) is 0 Å². The van der Waals surface area contributed by atoms with Crippen molar-refractivity contribution in [3.8, 4) is 62.8 Å². The van der Waals surface area contributed by atoms with Crippen molar-refractivity contribution < 1.29 is 0 Å². The van der Waals surface area contributed by atoms with Crippen LogP contribution in [0.4, 0.5) is 0 Å². The lowest BCUT2D eigenvalue weighted by molar-refractivity contribution is 1.04. The minimum Gasteiger partial charge on any atom is -0.309 e. The minimum absolute atomic E-state index is 0.653. The second kappa shape index (κ2) is 15.5. The molecule has 3 heterocycles. The van der Waals surface area contributed by atoms with Crippen molar-refractivity contribution in [1.82, 2.24) is 24.5 Å². The largest absolute Gasteiger partial charge is 0.309 e. The second-order valence-electron chi connectivity index (χ2n) is 15.2. The Bertz CT molecular complexity index is 3210. The summed E-state index contributed by atoms with van der Waals surface area (Å²) in [4.78, 5) is 20.0. The van der Waals surface area contributed by atoms with E-state index in [9.17, 15) is 0 Å². The SMILES string of the molecule is C1#CC(C2=CC(c3nc(-c4ccccc4)nc(-c4ccccc4)n3)=CC2)=CC(c2ccc3c(c2)c2ccccc2n3-c2cc(-c3ccccc3)nc(-c3ccccc3)c2)=CC1. The number of hydrogen-bond donors (Lipinski definition) is 0. The van der Waals surface area contributed by atoms with Gasteiger partial charge in [-0.15, -0.1) is 0 Å². The Kier molecular flexibility index (Phi) is 9.14. The molecule has 5 nitrogen and oxygen atoms in total. The highest BCUT2D eigenvalue weighted by molar-refractivity contribution is 6.10. The molecular formula is C56H37N5. The van der Waals surface area contributed by atoms with Crippen molar-refractivity contribution in [2.75, 3.05) is 0 Å². The van der Waals surface area contributed by atoms with Crippen molar-refractivity contribution >= 4 is 33.0 Å². The van der Waals surface area contributed by atoms with Gasteiger partial charge in [-0.25, -0.2) is 19.9 Å². The molecule has 0 radical (unpaired) electrons. The van der Waals surface area contributed by atoms with Crippen LogP contribution in [0.2, 0.25) is 0 Å². The maximum absolute atomic E-state index is 5.17. The molecule has 11 rings (SSSR count). The van der Waals surface area contributed by atoms with E-state index in [1.54, 1.807) is 0 Å². The molecule has 0 aliphatic heterocycles. The summed E-state index contributed by atoms with van der Waals surface area (Å²) in [5.41, 5.74) is 14.7. The average molecular weight is 780 g/mol. The molecule has 0 amide bonds. The van der Waals surface area contributed by atoms with Gasteiger partial charge in [-0.3, -0.25) is 0 Å². The molecule has 2 aliphatic rings. The van der Waals surface area contributed by atoms with Gasteiger partial charge in [0.05, 0.1) is 28.1 Å². The van der Waals surface area contributed by atoms with E-state index in [1.165, 1.54) is 10.8 Å². The first-order chi connectivity index (χ1) is 30.2. The zero-order valence-corrected chi connectivity index (χ0v) is 33.2. The topological polar surface area (TPSA) is 56.5 Å². The normalized spacial score (nSPS) is 13.5. The van der Waals surface area contributed by atoms with Crippen LogP contribution in [0.1, 0.15) is 24.2 Å². The quantitative estimate of drug-likeness (QED) is 0.144. The van der Waals surface area contributed by atoms with Gasteiger partial charge in [0.1, 0.15) is 0 Å². The predicted molar refractivity (Wildman–Crippen MR) is 249 cm³/mol. The van der Waals surface area contributed by atoms with E-state index in [2.05, 4.69) is 144 Å². The first-order valence-electron chi connectivity index (χ1n) is 20.6. The van der Waals surface area contributed by atoms with Crippen LogP contribution >= 0.6 is 0 Å². The zero-order valence-electron chi connectivity index (χ0n) is 33.2. The van der Waals surface area contributed by atoms with E-state index >= 15 is 0 Å². The molecule has 0 unspecified atom stereocenters. The third kappa shape index (κ3) is 6.97. The maximum Gasteiger partial charge on any atom is 0.164 e. The predicted octanol–water partition coefficient (Wildman–Crippen LogP) is 13.2. The lowest BCUT2D eigenvalue weighted by atomic mass is 9.97. The lowest BCUT2D eigenvalue weighted by Crippen LogP contribution is -2.01. The Morgan fingerprint density at radius 1 is 0.426 bits per heavy atom. The molecule has 6 aromatic carbocycles. The van der Waals surface area contributed by atoms with Crippen molar-refractivity contribution in [2.24, 2.45) is 0 Å². The molecule has 0 spiro atoms. The fourth-order valence-corrected chi connectivity index (χ4v) is 8.33. The van der Waals surface area contributed by atoms with Gasteiger partial charge in [0.2, 0.25) is 0 Å². The van der Waals surface area contributed by atoms with Gasteiger partial charge in [-0.2, -0.15) is 0 Å². The first kappa shape index (κ1) is 35.9. The second-order valence-corrected chi connectivity index (χ2v) is 15.2. The van der Waals surface area contributed by atoms with Gasteiger partial charge in [-0.05, 0) is 65.6 Å². The molecular weight excluding hydrogens is 743 g/mol. The number of aromatic nitrogens is 5. The zero-order chi connectivity index (χ0) is 40.5.